The molecule has 3 nitrogen and oxygen atoms in total. The molecule has 0 rings (SSSR count). The zero-order valence-electron chi connectivity index (χ0n) is 16.2. The fraction of sp³-hybridized carbons (Fsp3) is 0.947. The van der Waals surface area contributed by atoms with Gasteiger partial charge < -0.3 is 9.01 Å². The number of likely N-dealkylation sites (N-methyl/N-ethyl adjacent to an activating group) is 1. The SMILES string of the molecule is CCCCCCCCCCCCCC(=O)POCC[N+](C)(C)C. The second-order valence-electron chi connectivity index (χ2n) is 7.67. The van der Waals surface area contributed by atoms with Gasteiger partial charge in [-0.15, -0.1) is 0 Å². The third kappa shape index (κ3) is 20.0. The predicted octanol–water partition coefficient (Wildman–Crippen LogP) is 5.53. The molecule has 0 bridgehead atoms. The molecular formula is C19H41NO2P+. The molecule has 4 heteroatoms. The third-order valence-corrected chi connectivity index (χ3v) is 4.88. The molecule has 0 amide bonds. The number of hydrogen-bond donors (Lipinski definition) is 0. The van der Waals surface area contributed by atoms with Crippen LogP contribution in [0.1, 0.15) is 84.0 Å². The van der Waals surface area contributed by atoms with E-state index in [-0.39, 0.29) is 8.81 Å². The average molecular weight is 347 g/mol. The summed E-state index contributed by atoms with van der Waals surface area (Å²) in [5.41, 5.74) is 0.294. The number of quaternary nitrogens is 1. The minimum atomic E-state index is 0.0546. The van der Waals surface area contributed by atoms with Gasteiger partial charge in [0, 0.05) is 6.42 Å². The minimum Gasteiger partial charge on any atom is -0.349 e. The molecule has 1 unspecified atom stereocenters. The van der Waals surface area contributed by atoms with Crippen LogP contribution in [0.3, 0.4) is 0 Å². The van der Waals surface area contributed by atoms with E-state index < -0.39 is 0 Å². The number of carbonyl (C=O) groups excluding carboxylic acids is 1. The van der Waals surface area contributed by atoms with E-state index in [9.17, 15) is 4.79 Å². The lowest BCUT2D eigenvalue weighted by Crippen LogP contribution is -2.37. The summed E-state index contributed by atoms with van der Waals surface area (Å²) in [6.07, 6.45) is 15.3. The van der Waals surface area contributed by atoms with Crippen LogP contribution in [0.4, 0.5) is 0 Å². The lowest BCUT2D eigenvalue weighted by Gasteiger charge is -2.23. The van der Waals surface area contributed by atoms with E-state index in [1.54, 1.807) is 0 Å². The molecule has 0 saturated carbocycles. The largest absolute Gasteiger partial charge is 0.349 e. The Balaban J connectivity index is 3.20. The maximum absolute atomic E-state index is 11.7. The van der Waals surface area contributed by atoms with E-state index in [0.29, 0.717) is 18.6 Å². The first-order valence-electron chi connectivity index (χ1n) is 9.67. The first-order valence-corrected chi connectivity index (χ1v) is 10.6. The van der Waals surface area contributed by atoms with Crippen molar-refractivity contribution >= 4 is 14.3 Å². The smallest absolute Gasteiger partial charge is 0.178 e. The number of rotatable bonds is 17. The Hall–Kier alpha value is 0.0200. The van der Waals surface area contributed by atoms with E-state index in [4.69, 9.17) is 4.52 Å². The van der Waals surface area contributed by atoms with Gasteiger partial charge in [-0.3, -0.25) is 4.79 Å². The van der Waals surface area contributed by atoms with Gasteiger partial charge in [-0.25, -0.2) is 0 Å². The first-order chi connectivity index (χ1) is 11.0. The molecule has 0 aromatic heterocycles. The van der Waals surface area contributed by atoms with Crippen LogP contribution in [0, 0.1) is 0 Å². The predicted molar refractivity (Wildman–Crippen MR) is 103 cm³/mol. The number of hydrogen-bond acceptors (Lipinski definition) is 2. The number of carbonyl (C=O) groups is 1. The van der Waals surface area contributed by atoms with Crippen LogP contribution in [0.25, 0.3) is 0 Å². The highest BCUT2D eigenvalue weighted by Gasteiger charge is 2.07. The van der Waals surface area contributed by atoms with Gasteiger partial charge in [0.05, 0.1) is 30.0 Å². The van der Waals surface area contributed by atoms with Gasteiger partial charge in [-0.2, -0.15) is 0 Å². The Morgan fingerprint density at radius 2 is 1.30 bits per heavy atom. The molecule has 0 aliphatic heterocycles. The van der Waals surface area contributed by atoms with Crippen molar-refractivity contribution < 1.29 is 13.8 Å². The number of unbranched alkanes of at least 4 members (excludes halogenated alkanes) is 10. The highest BCUT2D eigenvalue weighted by molar-refractivity contribution is 7.53. The van der Waals surface area contributed by atoms with Crippen LogP contribution in [-0.2, 0) is 9.32 Å². The zero-order chi connectivity index (χ0) is 17.4. The van der Waals surface area contributed by atoms with Crippen LogP contribution in [-0.4, -0.2) is 44.3 Å². The van der Waals surface area contributed by atoms with Gasteiger partial charge in [0.25, 0.3) is 0 Å². The van der Waals surface area contributed by atoms with E-state index in [0.717, 1.165) is 17.4 Å². The van der Waals surface area contributed by atoms with Crippen molar-refractivity contribution in [2.24, 2.45) is 0 Å². The van der Waals surface area contributed by atoms with Crippen LogP contribution in [0.15, 0.2) is 0 Å². The zero-order valence-corrected chi connectivity index (χ0v) is 17.2. The summed E-state index contributed by atoms with van der Waals surface area (Å²) in [5.74, 6) is 0. The van der Waals surface area contributed by atoms with Gasteiger partial charge in [-0.1, -0.05) is 71.1 Å². The van der Waals surface area contributed by atoms with Crippen molar-refractivity contribution in [3.05, 3.63) is 0 Å². The molecule has 138 valence electrons. The molecule has 0 N–H and O–H groups in total. The molecule has 0 spiro atoms. The molecule has 0 aromatic carbocycles. The van der Waals surface area contributed by atoms with Gasteiger partial charge in [-0.05, 0) is 6.42 Å². The lowest BCUT2D eigenvalue weighted by atomic mass is 10.1. The van der Waals surface area contributed by atoms with Crippen molar-refractivity contribution in [2.45, 2.75) is 84.0 Å². The second-order valence-corrected chi connectivity index (χ2v) is 8.72. The van der Waals surface area contributed by atoms with Gasteiger partial charge in [0.1, 0.15) is 13.2 Å². The quantitative estimate of drug-likeness (QED) is 0.197. The Morgan fingerprint density at radius 3 is 1.78 bits per heavy atom. The lowest BCUT2D eigenvalue weighted by molar-refractivity contribution is -0.870. The summed E-state index contributed by atoms with van der Waals surface area (Å²) in [6.45, 7) is 3.91. The van der Waals surface area contributed by atoms with Crippen molar-refractivity contribution in [1.29, 1.82) is 0 Å². The molecule has 0 aliphatic carbocycles. The maximum Gasteiger partial charge on any atom is 0.178 e. The fourth-order valence-corrected chi connectivity index (χ4v) is 3.09. The first kappa shape index (κ1) is 23.0. The minimum absolute atomic E-state index is 0.0546. The summed E-state index contributed by atoms with van der Waals surface area (Å²) in [7, 11) is 6.47. The second kappa shape index (κ2) is 15.5. The molecule has 1 atom stereocenters. The number of nitrogens with zero attached hydrogens (tertiary/aromatic N) is 1. The van der Waals surface area contributed by atoms with Crippen molar-refractivity contribution in [2.75, 3.05) is 34.3 Å². The average Bonchev–Trinajstić information content (AvgIpc) is 2.48. The van der Waals surface area contributed by atoms with Crippen LogP contribution in [0.5, 0.6) is 0 Å². The third-order valence-electron chi connectivity index (χ3n) is 4.06. The molecule has 23 heavy (non-hydrogen) atoms. The maximum atomic E-state index is 11.7. The van der Waals surface area contributed by atoms with Crippen LogP contribution >= 0.6 is 8.81 Å². The van der Waals surface area contributed by atoms with Gasteiger partial charge in [0.15, 0.2) is 5.52 Å². The van der Waals surface area contributed by atoms with Gasteiger partial charge >= 0.3 is 0 Å². The summed E-state index contributed by atoms with van der Waals surface area (Å²) in [4.78, 5) is 11.7. The molecule has 0 fully saturated rings. The van der Waals surface area contributed by atoms with Gasteiger partial charge in [0.2, 0.25) is 0 Å². The van der Waals surface area contributed by atoms with E-state index in [1.807, 2.05) is 0 Å². The molecule has 0 aliphatic rings. The molecule has 0 saturated heterocycles. The Morgan fingerprint density at radius 1 is 0.826 bits per heavy atom. The standard InChI is InChI=1S/C19H41NO2P/c1-5-6-7-8-9-10-11-12-13-14-15-16-19(21)23-22-18-17-20(2,3)4/h23H,5-18H2,1-4H3/q+1. The summed E-state index contributed by atoms with van der Waals surface area (Å²) < 4.78 is 6.37. The van der Waals surface area contributed by atoms with Crippen LogP contribution < -0.4 is 0 Å². The Kier molecular flexibility index (Phi) is 15.6. The van der Waals surface area contributed by atoms with Crippen molar-refractivity contribution in [3.8, 4) is 0 Å². The summed E-state index contributed by atoms with van der Waals surface area (Å²) in [6, 6.07) is 0. The summed E-state index contributed by atoms with van der Waals surface area (Å²) in [5, 5.41) is 0. The Bertz CT molecular complexity index is 277. The van der Waals surface area contributed by atoms with E-state index in [1.165, 1.54) is 64.2 Å². The van der Waals surface area contributed by atoms with Crippen molar-refractivity contribution in [1.82, 2.24) is 0 Å². The molecule has 0 heterocycles. The summed E-state index contributed by atoms with van der Waals surface area (Å²) >= 11 is 0. The molecule has 0 radical (unpaired) electrons. The van der Waals surface area contributed by atoms with E-state index in [2.05, 4.69) is 28.1 Å². The molecular weight excluding hydrogens is 305 g/mol. The molecule has 0 aromatic rings. The highest BCUT2D eigenvalue weighted by atomic mass is 31.1. The van der Waals surface area contributed by atoms with Crippen LogP contribution in [0.2, 0.25) is 0 Å². The fourth-order valence-electron chi connectivity index (χ4n) is 2.45. The van der Waals surface area contributed by atoms with Crippen molar-refractivity contribution in [3.63, 3.8) is 0 Å². The van der Waals surface area contributed by atoms with E-state index >= 15 is 0 Å². The monoisotopic (exact) mass is 346 g/mol. The Labute approximate surface area is 147 Å². The highest BCUT2D eigenvalue weighted by Crippen LogP contribution is 2.19. The topological polar surface area (TPSA) is 26.3 Å². The normalized spacial score (nSPS) is 12.3.